The van der Waals surface area contributed by atoms with Gasteiger partial charge in [0.25, 0.3) is 0 Å². The second-order valence-electron chi connectivity index (χ2n) is 6.55. The predicted molar refractivity (Wildman–Crippen MR) is 102 cm³/mol. The largest absolute Gasteiger partial charge is 0.422 e. The van der Waals surface area contributed by atoms with Crippen molar-refractivity contribution >= 4 is 27.4 Å². The number of aromatic nitrogens is 1. The normalized spacial score (nSPS) is 15.8. The molecule has 3 heterocycles. The molecule has 0 unspecified atom stereocenters. The Labute approximate surface area is 150 Å². The van der Waals surface area contributed by atoms with E-state index in [9.17, 15) is 4.79 Å². The molecule has 0 atom stereocenters. The van der Waals surface area contributed by atoms with Crippen LogP contribution < -0.4 is 10.5 Å². The highest BCUT2D eigenvalue weighted by molar-refractivity contribution is 7.13. The minimum atomic E-state index is -0.266. The molecular formula is C19H21N3O2S. The quantitative estimate of drug-likeness (QED) is 0.676. The zero-order chi connectivity index (χ0) is 17.4. The van der Waals surface area contributed by atoms with Gasteiger partial charge in [-0.15, -0.1) is 11.3 Å². The predicted octanol–water partition coefficient (Wildman–Crippen LogP) is 3.19. The van der Waals surface area contributed by atoms with E-state index < -0.39 is 0 Å². The van der Waals surface area contributed by atoms with Gasteiger partial charge in [0, 0.05) is 55.8 Å². The van der Waals surface area contributed by atoms with Crippen LogP contribution in [0.4, 0.5) is 5.13 Å². The molecule has 1 aliphatic heterocycles. The standard InChI is InChI=1S/C19H21N3O2S/c1-13-3-4-16-15(11-17(23)24-18(16)14(13)2)12-21-6-8-22(9-7-21)19-20-5-10-25-19/h3-5,10-11H,6-9,12H2,1-2H3. The zero-order valence-electron chi connectivity index (χ0n) is 14.5. The summed E-state index contributed by atoms with van der Waals surface area (Å²) in [5, 5.41) is 4.16. The zero-order valence-corrected chi connectivity index (χ0v) is 15.3. The molecule has 0 spiro atoms. The molecule has 1 aromatic carbocycles. The van der Waals surface area contributed by atoms with E-state index in [-0.39, 0.29) is 5.63 Å². The molecule has 1 fully saturated rings. The fourth-order valence-corrected chi connectivity index (χ4v) is 4.06. The fourth-order valence-electron chi connectivity index (χ4n) is 3.37. The van der Waals surface area contributed by atoms with Crippen LogP contribution in [0.2, 0.25) is 0 Å². The molecule has 0 N–H and O–H groups in total. The van der Waals surface area contributed by atoms with Crippen LogP contribution in [0.1, 0.15) is 16.7 Å². The van der Waals surface area contributed by atoms with Crippen LogP contribution in [0, 0.1) is 13.8 Å². The average molecular weight is 355 g/mol. The molecule has 1 saturated heterocycles. The second kappa shape index (κ2) is 6.61. The fraction of sp³-hybridized carbons (Fsp3) is 0.368. The average Bonchev–Trinajstić information content (AvgIpc) is 3.14. The summed E-state index contributed by atoms with van der Waals surface area (Å²) in [5.41, 5.74) is 3.70. The maximum Gasteiger partial charge on any atom is 0.336 e. The van der Waals surface area contributed by atoms with E-state index in [1.807, 2.05) is 25.4 Å². The summed E-state index contributed by atoms with van der Waals surface area (Å²) in [7, 11) is 0. The number of nitrogens with zero attached hydrogens (tertiary/aromatic N) is 3. The first-order valence-corrected chi connectivity index (χ1v) is 9.39. The third-order valence-corrected chi connectivity index (χ3v) is 5.81. The molecule has 0 saturated carbocycles. The van der Waals surface area contributed by atoms with Crippen molar-refractivity contribution in [3.05, 3.63) is 56.9 Å². The van der Waals surface area contributed by atoms with E-state index in [4.69, 9.17) is 4.42 Å². The van der Waals surface area contributed by atoms with Crippen LogP contribution in [0.3, 0.4) is 0 Å². The van der Waals surface area contributed by atoms with Crippen molar-refractivity contribution in [3.8, 4) is 0 Å². The van der Waals surface area contributed by atoms with Gasteiger partial charge in [-0.1, -0.05) is 12.1 Å². The van der Waals surface area contributed by atoms with Crippen molar-refractivity contribution in [1.82, 2.24) is 9.88 Å². The van der Waals surface area contributed by atoms with Gasteiger partial charge < -0.3 is 9.32 Å². The van der Waals surface area contributed by atoms with Gasteiger partial charge in [0.05, 0.1) is 0 Å². The molecule has 0 aliphatic carbocycles. The van der Waals surface area contributed by atoms with E-state index in [0.29, 0.717) is 0 Å². The van der Waals surface area contributed by atoms with Crippen molar-refractivity contribution in [3.63, 3.8) is 0 Å². The first kappa shape index (κ1) is 16.3. The van der Waals surface area contributed by atoms with E-state index in [1.165, 1.54) is 0 Å². The Morgan fingerprint density at radius 2 is 2.00 bits per heavy atom. The van der Waals surface area contributed by atoms with Crippen molar-refractivity contribution in [2.75, 3.05) is 31.1 Å². The van der Waals surface area contributed by atoms with Crippen LogP contribution in [0.25, 0.3) is 11.0 Å². The lowest BCUT2D eigenvalue weighted by Crippen LogP contribution is -2.46. The summed E-state index contributed by atoms with van der Waals surface area (Å²) in [6.07, 6.45) is 1.85. The molecule has 25 heavy (non-hydrogen) atoms. The van der Waals surface area contributed by atoms with Crippen molar-refractivity contribution in [2.45, 2.75) is 20.4 Å². The molecule has 2 aromatic heterocycles. The van der Waals surface area contributed by atoms with Crippen molar-refractivity contribution < 1.29 is 4.42 Å². The Morgan fingerprint density at radius 1 is 1.20 bits per heavy atom. The van der Waals surface area contributed by atoms with E-state index >= 15 is 0 Å². The first-order valence-electron chi connectivity index (χ1n) is 8.51. The van der Waals surface area contributed by atoms with E-state index in [1.54, 1.807) is 17.4 Å². The Balaban J connectivity index is 1.56. The van der Waals surface area contributed by atoms with Gasteiger partial charge >= 0.3 is 5.63 Å². The third kappa shape index (κ3) is 3.19. The summed E-state index contributed by atoms with van der Waals surface area (Å²) in [5.74, 6) is 0. The highest BCUT2D eigenvalue weighted by Crippen LogP contribution is 2.25. The molecule has 5 nitrogen and oxygen atoms in total. The van der Waals surface area contributed by atoms with E-state index in [2.05, 4.69) is 26.9 Å². The number of aryl methyl sites for hydroxylation is 2. The van der Waals surface area contributed by atoms with Gasteiger partial charge in [-0.2, -0.15) is 0 Å². The molecule has 1 aliphatic rings. The van der Waals surface area contributed by atoms with Gasteiger partial charge in [-0.05, 0) is 30.5 Å². The van der Waals surface area contributed by atoms with Gasteiger partial charge in [-0.25, -0.2) is 9.78 Å². The molecular weight excluding hydrogens is 334 g/mol. The van der Waals surface area contributed by atoms with Gasteiger partial charge in [0.15, 0.2) is 5.13 Å². The van der Waals surface area contributed by atoms with Crippen LogP contribution in [0.5, 0.6) is 0 Å². The van der Waals surface area contributed by atoms with Gasteiger partial charge in [0.1, 0.15) is 5.58 Å². The summed E-state index contributed by atoms with van der Waals surface area (Å²) >= 11 is 1.68. The Kier molecular flexibility index (Phi) is 4.31. The van der Waals surface area contributed by atoms with Crippen molar-refractivity contribution in [2.24, 2.45) is 0 Å². The van der Waals surface area contributed by atoms with Crippen LogP contribution in [0.15, 0.2) is 39.0 Å². The molecule has 0 amide bonds. The SMILES string of the molecule is Cc1ccc2c(CN3CCN(c4nccs4)CC3)cc(=O)oc2c1C. The molecule has 3 aromatic rings. The lowest BCUT2D eigenvalue weighted by Gasteiger charge is -2.34. The molecule has 0 radical (unpaired) electrons. The third-order valence-electron chi connectivity index (χ3n) is 4.97. The highest BCUT2D eigenvalue weighted by atomic mass is 32.1. The minimum Gasteiger partial charge on any atom is -0.422 e. The maximum absolute atomic E-state index is 12.0. The Morgan fingerprint density at radius 3 is 2.72 bits per heavy atom. The number of hydrogen-bond acceptors (Lipinski definition) is 6. The minimum absolute atomic E-state index is 0.266. The molecule has 130 valence electrons. The van der Waals surface area contributed by atoms with Crippen LogP contribution in [-0.2, 0) is 6.54 Å². The second-order valence-corrected chi connectivity index (χ2v) is 7.43. The molecule has 4 rings (SSSR count). The smallest absolute Gasteiger partial charge is 0.336 e. The number of benzene rings is 1. The topological polar surface area (TPSA) is 49.6 Å². The molecule has 0 bridgehead atoms. The van der Waals surface area contributed by atoms with Crippen LogP contribution >= 0.6 is 11.3 Å². The summed E-state index contributed by atoms with van der Waals surface area (Å²) in [4.78, 5) is 21.1. The van der Waals surface area contributed by atoms with Gasteiger partial charge in [0.2, 0.25) is 0 Å². The highest BCUT2D eigenvalue weighted by Gasteiger charge is 2.20. The van der Waals surface area contributed by atoms with E-state index in [0.717, 1.165) is 65.5 Å². The summed E-state index contributed by atoms with van der Waals surface area (Å²) in [6, 6.07) is 5.81. The number of fused-ring (bicyclic) bond motifs is 1. The lowest BCUT2D eigenvalue weighted by molar-refractivity contribution is 0.250. The number of piperazine rings is 1. The number of thiazole rings is 1. The molecule has 6 heteroatoms. The van der Waals surface area contributed by atoms with Crippen LogP contribution in [-0.4, -0.2) is 36.1 Å². The Bertz CT molecular complexity index is 941. The number of rotatable bonds is 3. The Hall–Kier alpha value is -2.18. The number of anilines is 1. The first-order chi connectivity index (χ1) is 12.1. The van der Waals surface area contributed by atoms with Gasteiger partial charge in [-0.3, -0.25) is 4.90 Å². The maximum atomic E-state index is 12.0. The summed E-state index contributed by atoms with van der Waals surface area (Å²) in [6.45, 7) is 8.68. The monoisotopic (exact) mass is 355 g/mol. The van der Waals surface area contributed by atoms with Crippen molar-refractivity contribution in [1.29, 1.82) is 0 Å². The summed E-state index contributed by atoms with van der Waals surface area (Å²) < 4.78 is 5.48. The lowest BCUT2D eigenvalue weighted by atomic mass is 10.0. The number of hydrogen-bond donors (Lipinski definition) is 0.